The highest BCUT2D eigenvalue weighted by Gasteiger charge is 2.31. The topological polar surface area (TPSA) is 125 Å². The van der Waals surface area contributed by atoms with Crippen LogP contribution < -0.4 is 10.1 Å². The number of nitrogens with zero attached hydrogens (tertiary/aromatic N) is 5. The van der Waals surface area contributed by atoms with Crippen LogP contribution in [0, 0.1) is 6.92 Å². The van der Waals surface area contributed by atoms with E-state index in [1.54, 1.807) is 24.1 Å². The lowest BCUT2D eigenvalue weighted by Crippen LogP contribution is -2.43. The fourth-order valence-electron chi connectivity index (χ4n) is 4.85. The summed E-state index contributed by atoms with van der Waals surface area (Å²) in [5.74, 6) is 2.72. The smallest absolute Gasteiger partial charge is 0.410 e. The van der Waals surface area contributed by atoms with Gasteiger partial charge < -0.3 is 14.0 Å². The SMILES string of the molecule is CCOC(=O)N1Cc2ncnc(Oc3ccc4c(ccn4C(=O)Nc4cc(C5CC5)on4)c3C)c2CC1C. The van der Waals surface area contributed by atoms with Gasteiger partial charge in [-0.1, -0.05) is 5.16 Å². The van der Waals surface area contributed by atoms with Gasteiger partial charge in [-0.25, -0.2) is 19.6 Å². The van der Waals surface area contributed by atoms with Crippen LogP contribution in [0.1, 0.15) is 55.2 Å². The maximum Gasteiger partial charge on any atom is 0.410 e. The van der Waals surface area contributed by atoms with Gasteiger partial charge in [-0.2, -0.15) is 0 Å². The van der Waals surface area contributed by atoms with E-state index in [-0.39, 0.29) is 18.2 Å². The largest absolute Gasteiger partial charge is 0.450 e. The Labute approximate surface area is 218 Å². The number of aromatic nitrogens is 4. The van der Waals surface area contributed by atoms with E-state index in [0.717, 1.165) is 46.3 Å². The monoisotopic (exact) mass is 516 g/mol. The van der Waals surface area contributed by atoms with E-state index in [0.29, 0.717) is 42.9 Å². The molecule has 1 aliphatic carbocycles. The predicted octanol–water partition coefficient (Wildman–Crippen LogP) is 5.38. The minimum Gasteiger partial charge on any atom is -0.450 e. The predicted molar refractivity (Wildman–Crippen MR) is 137 cm³/mol. The summed E-state index contributed by atoms with van der Waals surface area (Å²) in [7, 11) is 0. The Morgan fingerprint density at radius 1 is 1.21 bits per heavy atom. The molecule has 3 aromatic heterocycles. The minimum atomic E-state index is -0.353. The van der Waals surface area contributed by atoms with Crippen LogP contribution in [0.15, 0.2) is 41.3 Å². The van der Waals surface area contributed by atoms with Crippen molar-refractivity contribution in [2.75, 3.05) is 11.9 Å². The van der Waals surface area contributed by atoms with E-state index >= 15 is 0 Å². The molecular formula is C27H28N6O5. The van der Waals surface area contributed by atoms with Crippen molar-refractivity contribution >= 4 is 28.8 Å². The van der Waals surface area contributed by atoms with Crippen LogP contribution in [0.25, 0.3) is 10.9 Å². The molecule has 0 spiro atoms. The van der Waals surface area contributed by atoms with Gasteiger partial charge in [0.1, 0.15) is 17.8 Å². The summed E-state index contributed by atoms with van der Waals surface area (Å²) in [6.45, 7) is 6.35. The van der Waals surface area contributed by atoms with E-state index in [4.69, 9.17) is 14.0 Å². The number of hydrogen-bond acceptors (Lipinski definition) is 8. The van der Waals surface area contributed by atoms with Crippen molar-refractivity contribution < 1.29 is 23.6 Å². The van der Waals surface area contributed by atoms with Gasteiger partial charge in [-0.3, -0.25) is 14.8 Å². The molecule has 1 saturated carbocycles. The van der Waals surface area contributed by atoms with Crippen molar-refractivity contribution in [2.24, 2.45) is 0 Å². The van der Waals surface area contributed by atoms with Crippen molar-refractivity contribution in [3.05, 3.63) is 59.4 Å². The number of amides is 2. The second-order valence-corrected chi connectivity index (χ2v) is 9.71. The van der Waals surface area contributed by atoms with E-state index in [1.165, 1.54) is 10.9 Å². The molecule has 6 rings (SSSR count). The number of benzene rings is 1. The average Bonchev–Trinajstić information content (AvgIpc) is 3.49. The number of fused-ring (bicyclic) bond motifs is 2. The molecule has 196 valence electrons. The van der Waals surface area contributed by atoms with E-state index < -0.39 is 0 Å². The first kappa shape index (κ1) is 24.0. The van der Waals surface area contributed by atoms with Crippen LogP contribution in [-0.4, -0.2) is 49.4 Å². The highest BCUT2D eigenvalue weighted by Crippen LogP contribution is 2.41. The Morgan fingerprint density at radius 2 is 2.05 bits per heavy atom. The van der Waals surface area contributed by atoms with Gasteiger partial charge in [0.25, 0.3) is 0 Å². The quantitative estimate of drug-likeness (QED) is 0.375. The van der Waals surface area contributed by atoms with Crippen molar-refractivity contribution in [1.29, 1.82) is 0 Å². The van der Waals surface area contributed by atoms with E-state index in [2.05, 4.69) is 20.4 Å². The number of rotatable bonds is 5. The van der Waals surface area contributed by atoms with Gasteiger partial charge in [0.15, 0.2) is 5.82 Å². The standard InChI is InChI=1S/C27H28N6O5/c1-4-36-27(35)33-13-20-19(11-15(33)2)25(29-14-28-20)37-22-8-7-21-18(16(22)3)9-10-32(21)26(34)30-24-12-23(38-31-24)17-5-6-17/h7-10,12,14-15,17H,4-6,11,13H2,1-3H3,(H,30,31,34). The van der Waals surface area contributed by atoms with Crippen LogP contribution in [0.2, 0.25) is 0 Å². The molecule has 1 atom stereocenters. The summed E-state index contributed by atoms with van der Waals surface area (Å²) in [5, 5.41) is 7.65. The van der Waals surface area contributed by atoms with Crippen LogP contribution in [-0.2, 0) is 17.7 Å². The van der Waals surface area contributed by atoms with Crippen molar-refractivity contribution in [3.63, 3.8) is 0 Å². The Morgan fingerprint density at radius 3 is 2.84 bits per heavy atom. The third-order valence-electron chi connectivity index (χ3n) is 7.11. The summed E-state index contributed by atoms with van der Waals surface area (Å²) in [6.07, 6.45) is 5.55. The molecule has 11 nitrogen and oxygen atoms in total. The first-order valence-electron chi connectivity index (χ1n) is 12.8. The Kier molecular flexibility index (Phi) is 5.97. The normalized spacial score (nSPS) is 16.8. The zero-order valence-electron chi connectivity index (χ0n) is 21.4. The number of carbonyl (C=O) groups excluding carboxylic acids is 2. The molecule has 1 aromatic carbocycles. The third-order valence-corrected chi connectivity index (χ3v) is 7.11. The molecule has 4 aromatic rings. The second-order valence-electron chi connectivity index (χ2n) is 9.71. The van der Waals surface area contributed by atoms with Gasteiger partial charge in [0, 0.05) is 40.7 Å². The Balaban J connectivity index is 1.23. The van der Waals surface area contributed by atoms with Gasteiger partial charge in [0.2, 0.25) is 5.88 Å². The summed E-state index contributed by atoms with van der Waals surface area (Å²) < 4.78 is 18.3. The molecule has 11 heteroatoms. The first-order valence-corrected chi connectivity index (χ1v) is 12.8. The molecule has 1 N–H and O–H groups in total. The van der Waals surface area contributed by atoms with Gasteiger partial charge in [-0.15, -0.1) is 0 Å². The first-order chi connectivity index (χ1) is 18.4. The summed E-state index contributed by atoms with van der Waals surface area (Å²) >= 11 is 0. The van der Waals surface area contributed by atoms with Crippen LogP contribution in [0.3, 0.4) is 0 Å². The molecule has 2 amide bonds. The maximum absolute atomic E-state index is 13.0. The molecule has 2 aliphatic rings. The lowest BCUT2D eigenvalue weighted by atomic mass is 10.00. The van der Waals surface area contributed by atoms with Gasteiger partial charge >= 0.3 is 12.1 Å². The minimum absolute atomic E-state index is 0.0870. The summed E-state index contributed by atoms with van der Waals surface area (Å²) in [5.41, 5.74) is 3.22. The molecule has 0 bridgehead atoms. The molecule has 38 heavy (non-hydrogen) atoms. The fourth-order valence-corrected chi connectivity index (χ4v) is 4.85. The van der Waals surface area contributed by atoms with Crippen molar-refractivity contribution in [1.82, 2.24) is 24.6 Å². The molecule has 0 radical (unpaired) electrons. The highest BCUT2D eigenvalue weighted by atomic mass is 16.6. The van der Waals surface area contributed by atoms with Crippen LogP contribution >= 0.6 is 0 Å². The second kappa shape index (κ2) is 9.47. The fraction of sp³-hybridized carbons (Fsp3) is 0.370. The third kappa shape index (κ3) is 4.33. The Hall–Kier alpha value is -4.41. The summed E-state index contributed by atoms with van der Waals surface area (Å²) in [6, 6.07) is 6.92. The van der Waals surface area contributed by atoms with E-state index in [9.17, 15) is 9.59 Å². The number of hydrogen-bond donors (Lipinski definition) is 1. The van der Waals surface area contributed by atoms with Crippen LogP contribution in [0.4, 0.5) is 15.4 Å². The zero-order valence-corrected chi connectivity index (χ0v) is 21.4. The molecule has 1 aliphatic heterocycles. The average molecular weight is 517 g/mol. The molecule has 4 heterocycles. The van der Waals surface area contributed by atoms with E-state index in [1.807, 2.05) is 32.0 Å². The van der Waals surface area contributed by atoms with Gasteiger partial charge in [-0.05, 0) is 58.2 Å². The Bertz CT molecular complexity index is 1540. The molecule has 1 fully saturated rings. The molecule has 0 saturated heterocycles. The number of carbonyl (C=O) groups is 2. The van der Waals surface area contributed by atoms with Crippen molar-refractivity contribution in [2.45, 2.75) is 58.5 Å². The maximum atomic E-state index is 13.0. The number of ether oxygens (including phenoxy) is 2. The number of anilines is 1. The highest BCUT2D eigenvalue weighted by molar-refractivity contribution is 5.99. The number of nitrogens with one attached hydrogen (secondary N) is 1. The zero-order chi connectivity index (χ0) is 26.4. The van der Waals surface area contributed by atoms with Crippen molar-refractivity contribution in [3.8, 4) is 11.6 Å². The summed E-state index contributed by atoms with van der Waals surface area (Å²) in [4.78, 5) is 35.8. The lowest BCUT2D eigenvalue weighted by Gasteiger charge is -2.33. The molecular weight excluding hydrogens is 488 g/mol. The molecule has 1 unspecified atom stereocenters. The van der Waals surface area contributed by atoms with Gasteiger partial charge in [0.05, 0.1) is 24.4 Å². The lowest BCUT2D eigenvalue weighted by molar-refractivity contribution is 0.0849. The number of aryl methyl sites for hydroxylation is 1. The van der Waals surface area contributed by atoms with Crippen LogP contribution in [0.5, 0.6) is 11.6 Å².